The molecule has 10 heteroatoms. The molecule has 0 spiro atoms. The number of nitrogens with one attached hydrogen (secondary N) is 3. The second kappa shape index (κ2) is 8.78. The maximum Gasteiger partial charge on any atom is 0.287 e. The summed E-state index contributed by atoms with van der Waals surface area (Å²) < 4.78 is 5.15. The smallest absolute Gasteiger partial charge is 0.287 e. The van der Waals surface area contributed by atoms with Crippen LogP contribution in [0.4, 0.5) is 0 Å². The zero-order valence-corrected chi connectivity index (χ0v) is 15.7. The number of aromatic amines is 1. The van der Waals surface area contributed by atoms with Crippen LogP contribution in [0, 0.1) is 0 Å². The first-order valence-corrected chi connectivity index (χ1v) is 9.12. The molecule has 3 heterocycles. The molecular formula is C20H17N7O3. The summed E-state index contributed by atoms with van der Waals surface area (Å²) in [6, 6.07) is 14.6. The SMILES string of the molecule is O=C(CCc1nc(-c2ccncc2)no1)NNC(=O)c1cc(-c2ccccc2)n[nH]1. The highest BCUT2D eigenvalue weighted by molar-refractivity contribution is 5.94. The minimum Gasteiger partial charge on any atom is -0.339 e. The summed E-state index contributed by atoms with van der Waals surface area (Å²) in [7, 11) is 0. The number of carbonyl (C=O) groups is 2. The Morgan fingerprint density at radius 2 is 1.80 bits per heavy atom. The molecule has 2 amide bonds. The van der Waals surface area contributed by atoms with Gasteiger partial charge in [-0.15, -0.1) is 0 Å². The lowest BCUT2D eigenvalue weighted by Crippen LogP contribution is -2.41. The van der Waals surface area contributed by atoms with Crippen LogP contribution < -0.4 is 10.9 Å². The van der Waals surface area contributed by atoms with Crippen molar-refractivity contribution in [3.63, 3.8) is 0 Å². The Morgan fingerprint density at radius 1 is 1.00 bits per heavy atom. The number of hydrogen-bond acceptors (Lipinski definition) is 7. The molecule has 0 atom stereocenters. The van der Waals surface area contributed by atoms with Gasteiger partial charge in [-0.3, -0.25) is 30.5 Å². The Hall–Kier alpha value is -4.34. The van der Waals surface area contributed by atoms with Crippen molar-refractivity contribution in [1.82, 2.24) is 36.2 Å². The van der Waals surface area contributed by atoms with Crippen LogP contribution in [0.2, 0.25) is 0 Å². The number of nitrogens with zero attached hydrogens (tertiary/aromatic N) is 4. The predicted octanol–water partition coefficient (Wildman–Crippen LogP) is 1.92. The van der Waals surface area contributed by atoms with Gasteiger partial charge in [-0.2, -0.15) is 10.1 Å². The first-order valence-electron chi connectivity index (χ1n) is 9.12. The van der Waals surface area contributed by atoms with E-state index in [0.29, 0.717) is 17.4 Å². The topological polar surface area (TPSA) is 139 Å². The van der Waals surface area contributed by atoms with E-state index in [2.05, 4.69) is 36.2 Å². The summed E-state index contributed by atoms with van der Waals surface area (Å²) in [6.07, 6.45) is 3.56. The summed E-state index contributed by atoms with van der Waals surface area (Å²) in [5.41, 5.74) is 7.21. The number of carbonyl (C=O) groups excluding carboxylic acids is 2. The average molecular weight is 403 g/mol. The van der Waals surface area contributed by atoms with Gasteiger partial charge >= 0.3 is 0 Å². The molecule has 150 valence electrons. The highest BCUT2D eigenvalue weighted by Crippen LogP contribution is 2.17. The summed E-state index contributed by atoms with van der Waals surface area (Å²) >= 11 is 0. The van der Waals surface area contributed by atoms with Crippen molar-refractivity contribution in [3.8, 4) is 22.6 Å². The van der Waals surface area contributed by atoms with E-state index in [-0.39, 0.29) is 18.5 Å². The fraction of sp³-hybridized carbons (Fsp3) is 0.100. The second-order valence-electron chi connectivity index (χ2n) is 6.28. The third kappa shape index (κ3) is 4.55. The van der Waals surface area contributed by atoms with Crippen LogP contribution in [-0.2, 0) is 11.2 Å². The van der Waals surface area contributed by atoms with Gasteiger partial charge in [0.25, 0.3) is 5.91 Å². The maximum atomic E-state index is 12.2. The lowest BCUT2D eigenvalue weighted by atomic mass is 10.1. The highest BCUT2D eigenvalue weighted by Gasteiger charge is 2.13. The van der Waals surface area contributed by atoms with Crippen molar-refractivity contribution in [2.75, 3.05) is 0 Å². The first kappa shape index (κ1) is 19.0. The molecule has 30 heavy (non-hydrogen) atoms. The third-order valence-electron chi connectivity index (χ3n) is 4.18. The van der Waals surface area contributed by atoms with E-state index in [1.807, 2.05) is 30.3 Å². The van der Waals surface area contributed by atoms with Crippen LogP contribution in [0.15, 0.2) is 65.4 Å². The number of amides is 2. The van der Waals surface area contributed by atoms with Gasteiger partial charge in [-0.1, -0.05) is 35.5 Å². The monoisotopic (exact) mass is 403 g/mol. The zero-order valence-electron chi connectivity index (χ0n) is 15.7. The van der Waals surface area contributed by atoms with Crippen molar-refractivity contribution >= 4 is 11.8 Å². The molecular weight excluding hydrogens is 386 g/mol. The van der Waals surface area contributed by atoms with E-state index in [0.717, 1.165) is 11.1 Å². The number of benzene rings is 1. The molecule has 0 aliphatic carbocycles. The van der Waals surface area contributed by atoms with Crippen molar-refractivity contribution in [3.05, 3.63) is 72.5 Å². The fourth-order valence-corrected chi connectivity index (χ4v) is 2.65. The summed E-state index contributed by atoms with van der Waals surface area (Å²) in [5, 5.41) is 10.6. The Labute approximate surface area is 170 Å². The molecule has 0 radical (unpaired) electrons. The number of aromatic nitrogens is 5. The van der Waals surface area contributed by atoms with Gasteiger partial charge in [-0.25, -0.2) is 0 Å². The Balaban J connectivity index is 1.26. The van der Waals surface area contributed by atoms with E-state index in [1.54, 1.807) is 30.6 Å². The molecule has 4 rings (SSSR count). The predicted molar refractivity (Wildman–Crippen MR) is 105 cm³/mol. The van der Waals surface area contributed by atoms with Crippen molar-refractivity contribution in [1.29, 1.82) is 0 Å². The number of aryl methyl sites for hydroxylation is 1. The number of hydrogen-bond donors (Lipinski definition) is 3. The summed E-state index contributed by atoms with van der Waals surface area (Å²) in [4.78, 5) is 32.4. The largest absolute Gasteiger partial charge is 0.339 e. The molecule has 0 unspecified atom stereocenters. The van der Waals surface area contributed by atoms with E-state index in [1.165, 1.54) is 0 Å². The Bertz CT molecular complexity index is 1140. The van der Waals surface area contributed by atoms with Gasteiger partial charge in [-0.05, 0) is 18.2 Å². The molecule has 0 aliphatic heterocycles. The van der Waals surface area contributed by atoms with Gasteiger partial charge < -0.3 is 4.52 Å². The van der Waals surface area contributed by atoms with Crippen molar-refractivity contribution < 1.29 is 14.1 Å². The number of hydrazine groups is 1. The number of rotatable bonds is 6. The lowest BCUT2D eigenvalue weighted by Gasteiger charge is -2.04. The van der Waals surface area contributed by atoms with E-state index in [4.69, 9.17) is 4.52 Å². The Morgan fingerprint density at radius 3 is 2.60 bits per heavy atom. The molecule has 4 aromatic rings. The maximum absolute atomic E-state index is 12.2. The molecule has 0 aliphatic rings. The van der Waals surface area contributed by atoms with Crippen LogP contribution in [0.5, 0.6) is 0 Å². The van der Waals surface area contributed by atoms with Crippen LogP contribution in [-0.4, -0.2) is 37.1 Å². The minimum atomic E-state index is -0.504. The summed E-state index contributed by atoms with van der Waals surface area (Å²) in [5.74, 6) is -0.149. The zero-order chi connectivity index (χ0) is 20.8. The van der Waals surface area contributed by atoms with Gasteiger partial charge in [0.05, 0.1) is 5.69 Å². The first-order chi connectivity index (χ1) is 14.7. The van der Waals surface area contributed by atoms with Crippen LogP contribution in [0.1, 0.15) is 22.8 Å². The van der Waals surface area contributed by atoms with Gasteiger partial charge in [0.2, 0.25) is 17.6 Å². The molecule has 0 saturated heterocycles. The number of pyridine rings is 1. The van der Waals surface area contributed by atoms with E-state index in [9.17, 15) is 9.59 Å². The highest BCUT2D eigenvalue weighted by atomic mass is 16.5. The van der Waals surface area contributed by atoms with Crippen molar-refractivity contribution in [2.45, 2.75) is 12.8 Å². The summed E-state index contributed by atoms with van der Waals surface area (Å²) in [6.45, 7) is 0. The molecule has 0 saturated carbocycles. The quantitative estimate of drug-likeness (QED) is 0.418. The normalized spacial score (nSPS) is 10.5. The minimum absolute atomic E-state index is 0.0660. The van der Waals surface area contributed by atoms with Crippen LogP contribution >= 0.6 is 0 Å². The molecule has 1 aromatic carbocycles. The molecule has 3 N–H and O–H groups in total. The average Bonchev–Trinajstić information content (AvgIpc) is 3.47. The molecule has 0 bridgehead atoms. The van der Waals surface area contributed by atoms with Gasteiger partial charge in [0.15, 0.2) is 0 Å². The third-order valence-corrected chi connectivity index (χ3v) is 4.18. The van der Waals surface area contributed by atoms with E-state index >= 15 is 0 Å². The fourth-order valence-electron chi connectivity index (χ4n) is 2.65. The van der Waals surface area contributed by atoms with E-state index < -0.39 is 11.8 Å². The van der Waals surface area contributed by atoms with Gasteiger partial charge in [0, 0.05) is 36.4 Å². The molecule has 10 nitrogen and oxygen atoms in total. The Kier molecular flexibility index (Phi) is 5.56. The van der Waals surface area contributed by atoms with Crippen LogP contribution in [0.3, 0.4) is 0 Å². The second-order valence-corrected chi connectivity index (χ2v) is 6.28. The standard InChI is InChI=1S/C20H17N7O3/c28-17(6-7-18-22-19(27-30-18)14-8-10-21-11-9-14)25-26-20(29)16-12-15(23-24-16)13-4-2-1-3-5-13/h1-5,8-12H,6-7H2,(H,23,24)(H,25,28)(H,26,29). The van der Waals surface area contributed by atoms with Crippen LogP contribution in [0.25, 0.3) is 22.6 Å². The lowest BCUT2D eigenvalue weighted by molar-refractivity contribution is -0.121. The van der Waals surface area contributed by atoms with Gasteiger partial charge in [0.1, 0.15) is 5.69 Å². The van der Waals surface area contributed by atoms with Crippen molar-refractivity contribution in [2.24, 2.45) is 0 Å². The number of H-pyrrole nitrogens is 1. The molecule has 0 fully saturated rings. The molecule has 3 aromatic heterocycles.